The van der Waals surface area contributed by atoms with E-state index in [1.54, 1.807) is 24.4 Å². The number of aromatic nitrogens is 1. The number of fused-ring (bicyclic) bond motifs is 1. The second kappa shape index (κ2) is 7.13. The van der Waals surface area contributed by atoms with E-state index in [0.29, 0.717) is 28.5 Å². The maximum Gasteiger partial charge on any atom is 0.231 e. The van der Waals surface area contributed by atoms with E-state index in [-0.39, 0.29) is 5.75 Å². The summed E-state index contributed by atoms with van der Waals surface area (Å²) in [5.74, 6) is 1.86. The summed E-state index contributed by atoms with van der Waals surface area (Å²) in [6.07, 6.45) is 1.65. The summed E-state index contributed by atoms with van der Waals surface area (Å²) in [5, 5.41) is 10.3. The van der Waals surface area contributed by atoms with Crippen LogP contribution in [-0.2, 0) is 0 Å². The van der Waals surface area contributed by atoms with Crippen LogP contribution in [0.1, 0.15) is 5.76 Å². The van der Waals surface area contributed by atoms with Crippen molar-refractivity contribution in [1.82, 2.24) is 4.98 Å². The van der Waals surface area contributed by atoms with Gasteiger partial charge in [0.1, 0.15) is 22.8 Å². The van der Waals surface area contributed by atoms with Gasteiger partial charge in [0, 0.05) is 5.56 Å². The van der Waals surface area contributed by atoms with Gasteiger partial charge in [0.15, 0.2) is 5.58 Å². The van der Waals surface area contributed by atoms with Crippen molar-refractivity contribution < 1.29 is 13.9 Å². The fourth-order valence-corrected chi connectivity index (χ4v) is 3.08. The zero-order valence-electron chi connectivity index (χ0n) is 15.3. The van der Waals surface area contributed by atoms with E-state index in [9.17, 15) is 5.11 Å². The van der Waals surface area contributed by atoms with E-state index in [1.165, 1.54) is 0 Å². The molecule has 3 aromatic carbocycles. The van der Waals surface area contributed by atoms with Crippen molar-refractivity contribution in [3.05, 3.63) is 90.7 Å². The Hall–Kier alpha value is -4.12. The predicted octanol–water partition coefficient (Wildman–Crippen LogP) is 6.21. The first-order chi connectivity index (χ1) is 14.3. The van der Waals surface area contributed by atoms with E-state index < -0.39 is 0 Å². The maximum absolute atomic E-state index is 10.3. The summed E-state index contributed by atoms with van der Waals surface area (Å²) in [5.41, 5.74) is 3.55. The molecule has 0 saturated carbocycles. The Bertz CT molecular complexity index is 1280. The first-order valence-electron chi connectivity index (χ1n) is 9.14. The van der Waals surface area contributed by atoms with Crippen LogP contribution in [0, 0.1) is 0 Å². The third kappa shape index (κ3) is 3.41. The second-order valence-corrected chi connectivity index (χ2v) is 6.51. The van der Waals surface area contributed by atoms with E-state index >= 15 is 0 Å². The fraction of sp³-hybridized carbons (Fsp3) is 0. The molecule has 0 saturated heterocycles. The third-order valence-electron chi connectivity index (χ3n) is 4.53. The molecule has 0 atom stereocenters. The third-order valence-corrected chi connectivity index (χ3v) is 4.53. The number of rotatable bonds is 4. The number of para-hydroxylation sites is 2. The van der Waals surface area contributed by atoms with E-state index in [0.717, 1.165) is 16.8 Å². The van der Waals surface area contributed by atoms with Crippen molar-refractivity contribution in [2.45, 2.75) is 0 Å². The number of oxazole rings is 1. The van der Waals surface area contributed by atoms with Crippen LogP contribution in [0.5, 0.6) is 5.75 Å². The largest absolute Gasteiger partial charge is 0.507 e. The Labute approximate surface area is 166 Å². The molecule has 2 heterocycles. The van der Waals surface area contributed by atoms with Crippen molar-refractivity contribution in [3.8, 4) is 28.5 Å². The molecule has 0 bridgehead atoms. The molecular weight excluding hydrogens is 364 g/mol. The number of nitrogens with zero attached hydrogens (tertiary/aromatic N) is 2. The Morgan fingerprint density at radius 3 is 2.52 bits per heavy atom. The van der Waals surface area contributed by atoms with Crippen LogP contribution in [0.4, 0.5) is 5.69 Å². The van der Waals surface area contributed by atoms with Crippen molar-refractivity contribution in [1.29, 1.82) is 0 Å². The smallest absolute Gasteiger partial charge is 0.231 e. The maximum atomic E-state index is 10.3. The van der Waals surface area contributed by atoms with Crippen LogP contribution in [0.15, 0.2) is 98.8 Å². The van der Waals surface area contributed by atoms with E-state index in [2.05, 4.69) is 9.98 Å². The summed E-state index contributed by atoms with van der Waals surface area (Å²) in [6.45, 7) is 0. The highest BCUT2D eigenvalue weighted by Gasteiger charge is 2.13. The average Bonchev–Trinajstić information content (AvgIpc) is 3.41. The molecule has 1 N–H and O–H groups in total. The van der Waals surface area contributed by atoms with E-state index in [4.69, 9.17) is 8.83 Å². The molecule has 140 valence electrons. The lowest BCUT2D eigenvalue weighted by molar-refractivity contribution is 0.474. The van der Waals surface area contributed by atoms with Gasteiger partial charge in [-0.15, -0.1) is 0 Å². The number of furan rings is 1. The van der Waals surface area contributed by atoms with Gasteiger partial charge in [-0.3, -0.25) is 4.99 Å². The van der Waals surface area contributed by atoms with Gasteiger partial charge >= 0.3 is 0 Å². The molecule has 29 heavy (non-hydrogen) atoms. The Morgan fingerprint density at radius 2 is 1.66 bits per heavy atom. The molecule has 5 nitrogen and oxygen atoms in total. The molecule has 5 heteroatoms. The normalized spacial score (nSPS) is 11.4. The first-order valence-corrected chi connectivity index (χ1v) is 9.14. The monoisotopic (exact) mass is 380 g/mol. The lowest BCUT2D eigenvalue weighted by Crippen LogP contribution is -1.80. The fourth-order valence-electron chi connectivity index (χ4n) is 3.08. The highest BCUT2D eigenvalue weighted by molar-refractivity contribution is 5.82. The number of aliphatic imine (C=N–C) groups is 1. The van der Waals surface area contributed by atoms with Gasteiger partial charge in [0.2, 0.25) is 5.89 Å². The summed E-state index contributed by atoms with van der Waals surface area (Å²) in [7, 11) is 0. The molecule has 0 amide bonds. The zero-order chi connectivity index (χ0) is 19.6. The topological polar surface area (TPSA) is 71.8 Å². The second-order valence-electron chi connectivity index (χ2n) is 6.51. The van der Waals surface area contributed by atoms with Crippen LogP contribution < -0.4 is 0 Å². The van der Waals surface area contributed by atoms with Gasteiger partial charge in [0.25, 0.3) is 0 Å². The minimum atomic E-state index is 0.0832. The predicted molar refractivity (Wildman–Crippen MR) is 113 cm³/mol. The van der Waals surface area contributed by atoms with Gasteiger partial charge in [-0.25, -0.2) is 4.98 Å². The van der Waals surface area contributed by atoms with Crippen molar-refractivity contribution in [2.75, 3.05) is 0 Å². The number of hydrogen-bond acceptors (Lipinski definition) is 5. The molecule has 0 aliphatic rings. The highest BCUT2D eigenvalue weighted by Crippen LogP contribution is 2.34. The SMILES string of the molecule is Oc1ccc(N=Cc2ccc(-c3ccccc3)o2)cc1-c1nc2ccccc2o1. The van der Waals surface area contributed by atoms with Crippen LogP contribution in [0.2, 0.25) is 0 Å². The average molecular weight is 380 g/mol. The number of aromatic hydroxyl groups is 1. The molecule has 0 radical (unpaired) electrons. The van der Waals surface area contributed by atoms with Gasteiger partial charge in [-0.1, -0.05) is 42.5 Å². The number of phenolic OH excluding ortho intramolecular Hbond substituents is 1. The zero-order valence-corrected chi connectivity index (χ0v) is 15.3. The van der Waals surface area contributed by atoms with Gasteiger partial charge in [0.05, 0.1) is 17.5 Å². The molecule has 0 spiro atoms. The molecule has 5 aromatic rings. The molecule has 0 fully saturated rings. The van der Waals surface area contributed by atoms with Crippen LogP contribution >= 0.6 is 0 Å². The minimum absolute atomic E-state index is 0.0832. The molecule has 0 aliphatic carbocycles. The van der Waals surface area contributed by atoms with Crippen molar-refractivity contribution in [3.63, 3.8) is 0 Å². The Kier molecular flexibility index (Phi) is 4.18. The summed E-state index contributed by atoms with van der Waals surface area (Å²) in [6, 6.07) is 26.2. The van der Waals surface area contributed by atoms with Gasteiger partial charge in [-0.05, 0) is 42.5 Å². The van der Waals surface area contributed by atoms with Crippen molar-refractivity contribution in [2.24, 2.45) is 4.99 Å². The summed E-state index contributed by atoms with van der Waals surface area (Å²) < 4.78 is 11.6. The minimum Gasteiger partial charge on any atom is -0.507 e. The molecule has 0 aliphatic heterocycles. The lowest BCUT2D eigenvalue weighted by Gasteiger charge is -2.01. The van der Waals surface area contributed by atoms with Gasteiger partial charge in [-0.2, -0.15) is 0 Å². The Morgan fingerprint density at radius 1 is 0.828 bits per heavy atom. The van der Waals surface area contributed by atoms with Crippen LogP contribution in [0.3, 0.4) is 0 Å². The van der Waals surface area contributed by atoms with Crippen LogP contribution in [-0.4, -0.2) is 16.3 Å². The molecular formula is C24H16N2O3. The number of hydrogen-bond donors (Lipinski definition) is 1. The van der Waals surface area contributed by atoms with E-state index in [1.807, 2.05) is 66.7 Å². The van der Waals surface area contributed by atoms with Gasteiger partial charge < -0.3 is 13.9 Å². The molecule has 2 aromatic heterocycles. The number of benzene rings is 3. The first kappa shape index (κ1) is 17.0. The lowest BCUT2D eigenvalue weighted by atomic mass is 10.2. The Balaban J connectivity index is 1.44. The quantitative estimate of drug-likeness (QED) is 0.376. The highest BCUT2D eigenvalue weighted by atomic mass is 16.4. The molecule has 0 unspecified atom stereocenters. The summed E-state index contributed by atoms with van der Waals surface area (Å²) in [4.78, 5) is 8.91. The molecule has 5 rings (SSSR count). The number of phenols is 1. The summed E-state index contributed by atoms with van der Waals surface area (Å²) >= 11 is 0. The van der Waals surface area contributed by atoms with Crippen molar-refractivity contribution >= 4 is 23.0 Å². The van der Waals surface area contributed by atoms with Crippen LogP contribution in [0.25, 0.3) is 33.9 Å². The standard InChI is InChI=1S/C24H16N2O3/c27-21-12-10-17(14-19(21)24-26-20-8-4-5-9-23(20)29-24)25-15-18-11-13-22(28-18)16-6-2-1-3-7-16/h1-15,27H.